The standard InChI is InChI=1S/C50H32N4O/c1-3-14-31(15-4-1)46-40-20-7-10-22-41(40)51-50(52-46)32-26-27-36-39-21-13-25-44(49(39)55-45(36)30-32)54-43-24-12-9-19-35(43)38-29-28-37-34-18-8-11-23-42(34)53(47(37)48(38)54)33-16-5-2-6-17-33/h2-3,5-30H,1,4H2. The first-order chi connectivity index (χ1) is 27.3. The Morgan fingerprint density at radius 3 is 1.96 bits per heavy atom. The van der Waals surface area contributed by atoms with E-state index in [1.54, 1.807) is 0 Å². The molecule has 1 aliphatic carbocycles. The van der Waals surface area contributed by atoms with Crippen LogP contribution in [-0.2, 0) is 0 Å². The van der Waals surface area contributed by atoms with E-state index in [1.807, 2.05) is 6.07 Å². The summed E-state index contributed by atoms with van der Waals surface area (Å²) in [4.78, 5) is 10.2. The molecule has 5 nitrogen and oxygen atoms in total. The largest absolute Gasteiger partial charge is 0.454 e. The van der Waals surface area contributed by atoms with E-state index in [0.29, 0.717) is 5.82 Å². The maximum absolute atomic E-state index is 6.98. The van der Waals surface area contributed by atoms with E-state index >= 15 is 0 Å². The molecule has 0 atom stereocenters. The first-order valence-corrected chi connectivity index (χ1v) is 18.9. The third-order valence-electron chi connectivity index (χ3n) is 11.3. The minimum absolute atomic E-state index is 0.690. The van der Waals surface area contributed by atoms with Gasteiger partial charge in [-0.15, -0.1) is 0 Å². The van der Waals surface area contributed by atoms with Gasteiger partial charge in [0.2, 0.25) is 0 Å². The molecular weight excluding hydrogens is 673 g/mol. The molecule has 0 spiro atoms. The fourth-order valence-electron chi connectivity index (χ4n) is 8.91. The van der Waals surface area contributed by atoms with Crippen LogP contribution < -0.4 is 0 Å². The lowest BCUT2D eigenvalue weighted by Gasteiger charge is -2.12. The number of fused-ring (bicyclic) bond motifs is 11. The third-order valence-corrected chi connectivity index (χ3v) is 11.3. The van der Waals surface area contributed by atoms with Gasteiger partial charge >= 0.3 is 0 Å². The molecule has 11 aromatic rings. The second-order valence-electron chi connectivity index (χ2n) is 14.4. The van der Waals surface area contributed by atoms with Crippen LogP contribution in [0.1, 0.15) is 18.5 Å². The van der Waals surface area contributed by atoms with Crippen molar-refractivity contribution in [3.63, 3.8) is 0 Å². The lowest BCUT2D eigenvalue weighted by molar-refractivity contribution is 0.666. The van der Waals surface area contributed by atoms with Crippen molar-refractivity contribution in [2.45, 2.75) is 12.8 Å². The molecule has 4 aromatic heterocycles. The van der Waals surface area contributed by atoms with Crippen molar-refractivity contribution in [3.8, 4) is 22.8 Å². The van der Waals surface area contributed by atoms with Crippen LogP contribution in [0.5, 0.6) is 0 Å². The molecule has 7 aromatic carbocycles. The molecule has 0 bridgehead atoms. The van der Waals surface area contributed by atoms with Crippen LogP contribution >= 0.6 is 0 Å². The number of aromatic nitrogens is 4. The normalized spacial score (nSPS) is 13.3. The maximum atomic E-state index is 6.98. The van der Waals surface area contributed by atoms with Crippen molar-refractivity contribution in [1.82, 2.24) is 19.1 Å². The van der Waals surface area contributed by atoms with Crippen LogP contribution in [0.15, 0.2) is 174 Å². The lowest BCUT2D eigenvalue weighted by Crippen LogP contribution is -1.98. The molecule has 55 heavy (non-hydrogen) atoms. The summed E-state index contributed by atoms with van der Waals surface area (Å²) >= 11 is 0. The van der Waals surface area contributed by atoms with Gasteiger partial charge in [-0.2, -0.15) is 0 Å². The van der Waals surface area contributed by atoms with Gasteiger partial charge in [-0.05, 0) is 66.9 Å². The predicted molar refractivity (Wildman–Crippen MR) is 227 cm³/mol. The minimum Gasteiger partial charge on any atom is -0.454 e. The number of allylic oxidation sites excluding steroid dienone is 4. The molecule has 0 N–H and O–H groups in total. The highest BCUT2D eigenvalue weighted by molar-refractivity contribution is 6.24. The fourth-order valence-corrected chi connectivity index (χ4v) is 8.91. The van der Waals surface area contributed by atoms with Crippen molar-refractivity contribution in [2.24, 2.45) is 0 Å². The molecule has 0 amide bonds. The van der Waals surface area contributed by atoms with Gasteiger partial charge in [0.25, 0.3) is 0 Å². The van der Waals surface area contributed by atoms with E-state index in [1.165, 1.54) is 32.6 Å². The molecule has 12 rings (SSSR count). The molecule has 0 saturated carbocycles. The predicted octanol–water partition coefficient (Wildman–Crippen LogP) is 13.1. The fraction of sp³-hybridized carbons (Fsp3) is 0.0400. The summed E-state index contributed by atoms with van der Waals surface area (Å²) in [6, 6.07) is 53.9. The second kappa shape index (κ2) is 11.6. The van der Waals surface area contributed by atoms with E-state index in [9.17, 15) is 0 Å². The Balaban J connectivity index is 1.13. The number of hydrogen-bond acceptors (Lipinski definition) is 3. The summed E-state index contributed by atoms with van der Waals surface area (Å²) in [5.41, 5.74) is 12.4. The molecule has 4 heterocycles. The van der Waals surface area contributed by atoms with Gasteiger partial charge in [-0.25, -0.2) is 9.97 Å². The summed E-state index contributed by atoms with van der Waals surface area (Å²) in [5, 5.41) is 8.03. The number of hydrogen-bond donors (Lipinski definition) is 0. The van der Waals surface area contributed by atoms with Crippen molar-refractivity contribution in [2.75, 3.05) is 0 Å². The topological polar surface area (TPSA) is 48.8 Å². The van der Waals surface area contributed by atoms with Crippen LogP contribution in [0.4, 0.5) is 0 Å². The molecule has 5 heteroatoms. The zero-order chi connectivity index (χ0) is 36.0. The number of rotatable bonds is 4. The Labute approximate surface area is 315 Å². The summed E-state index contributed by atoms with van der Waals surface area (Å²) in [6.07, 6.45) is 8.77. The van der Waals surface area contributed by atoms with E-state index < -0.39 is 0 Å². The van der Waals surface area contributed by atoms with Crippen LogP contribution in [-0.4, -0.2) is 19.1 Å². The minimum atomic E-state index is 0.690. The average Bonchev–Trinajstić information content (AvgIpc) is 3.91. The maximum Gasteiger partial charge on any atom is 0.160 e. The van der Waals surface area contributed by atoms with Gasteiger partial charge in [0.1, 0.15) is 5.58 Å². The number of nitrogens with zero attached hydrogens (tertiary/aromatic N) is 4. The quantitative estimate of drug-likeness (QED) is 0.183. The van der Waals surface area contributed by atoms with Crippen LogP contribution in [0.25, 0.3) is 105 Å². The van der Waals surface area contributed by atoms with Gasteiger partial charge < -0.3 is 13.6 Å². The molecule has 0 unspecified atom stereocenters. The summed E-state index contributed by atoms with van der Waals surface area (Å²) in [7, 11) is 0. The van der Waals surface area contributed by atoms with Crippen LogP contribution in [0.2, 0.25) is 0 Å². The van der Waals surface area contributed by atoms with Gasteiger partial charge in [-0.3, -0.25) is 0 Å². The summed E-state index contributed by atoms with van der Waals surface area (Å²) in [5.74, 6) is 0.690. The van der Waals surface area contributed by atoms with Crippen molar-refractivity contribution < 1.29 is 4.42 Å². The Kier molecular flexibility index (Phi) is 6.39. The average molecular weight is 705 g/mol. The van der Waals surface area contributed by atoms with Gasteiger partial charge in [0.05, 0.1) is 39.0 Å². The van der Waals surface area contributed by atoms with Crippen molar-refractivity contribution >= 4 is 82.0 Å². The SMILES string of the molecule is C1=CC(c2nc(-c3ccc4c(c3)oc3c(-n5c6ccccc6c6ccc7c8ccccc8n(-c8ccccc8)c7c65)cccc34)nc3ccccc23)=CCC1. The molecule has 258 valence electrons. The summed E-state index contributed by atoms with van der Waals surface area (Å²) < 4.78 is 11.8. The Morgan fingerprint density at radius 1 is 0.509 bits per heavy atom. The third kappa shape index (κ3) is 4.41. The van der Waals surface area contributed by atoms with Crippen molar-refractivity contribution in [3.05, 3.63) is 176 Å². The number of furan rings is 1. The van der Waals surface area contributed by atoms with Gasteiger partial charge in [0.15, 0.2) is 11.4 Å². The van der Waals surface area contributed by atoms with Crippen LogP contribution in [0.3, 0.4) is 0 Å². The zero-order valence-electron chi connectivity index (χ0n) is 29.8. The first kappa shape index (κ1) is 30.2. The van der Waals surface area contributed by atoms with E-state index in [-0.39, 0.29) is 0 Å². The monoisotopic (exact) mass is 704 g/mol. The highest BCUT2D eigenvalue weighted by Crippen LogP contribution is 2.44. The van der Waals surface area contributed by atoms with E-state index in [0.717, 1.165) is 84.9 Å². The van der Waals surface area contributed by atoms with Gasteiger partial charge in [0, 0.05) is 49.0 Å². The lowest BCUT2D eigenvalue weighted by atomic mass is 10.0. The Morgan fingerprint density at radius 2 is 1.18 bits per heavy atom. The first-order valence-electron chi connectivity index (χ1n) is 18.9. The van der Waals surface area contributed by atoms with E-state index in [2.05, 4.69) is 173 Å². The Hall–Kier alpha value is -7.24. The molecule has 0 radical (unpaired) electrons. The highest BCUT2D eigenvalue weighted by Gasteiger charge is 2.23. The smallest absolute Gasteiger partial charge is 0.160 e. The van der Waals surface area contributed by atoms with Crippen molar-refractivity contribution in [1.29, 1.82) is 0 Å². The molecule has 0 saturated heterocycles. The summed E-state index contributed by atoms with van der Waals surface area (Å²) in [6.45, 7) is 0. The van der Waals surface area contributed by atoms with Gasteiger partial charge in [-0.1, -0.05) is 121 Å². The molecular formula is C50H32N4O. The zero-order valence-corrected chi connectivity index (χ0v) is 29.8. The number of benzene rings is 7. The van der Waals surface area contributed by atoms with Crippen LogP contribution in [0, 0.1) is 0 Å². The molecule has 1 aliphatic rings. The van der Waals surface area contributed by atoms with E-state index in [4.69, 9.17) is 14.4 Å². The second-order valence-corrected chi connectivity index (χ2v) is 14.4. The Bertz CT molecular complexity index is 3430. The molecule has 0 fully saturated rings. The number of para-hydroxylation sites is 5. The highest BCUT2D eigenvalue weighted by atomic mass is 16.3. The molecule has 0 aliphatic heterocycles.